The average molecular weight is 361 g/mol. The molecular formula is C22H23N3O2. The second-order valence-corrected chi connectivity index (χ2v) is 7.94. The minimum absolute atomic E-state index is 0.231. The van der Waals surface area contributed by atoms with E-state index in [2.05, 4.69) is 64.3 Å². The first kappa shape index (κ1) is 15.5. The zero-order valence-electron chi connectivity index (χ0n) is 15.4. The molecular weight excluding hydrogens is 338 g/mol. The van der Waals surface area contributed by atoms with E-state index in [1.165, 1.54) is 27.7 Å². The van der Waals surface area contributed by atoms with Crippen LogP contribution in [-0.2, 0) is 6.42 Å². The van der Waals surface area contributed by atoms with Crippen LogP contribution < -0.4 is 9.47 Å². The summed E-state index contributed by atoms with van der Waals surface area (Å²) in [6, 6.07) is 15.9. The second kappa shape index (κ2) is 5.75. The standard InChI is InChI=1S/C22H23N3O2/c1-24-8-9-25-15(12-24)11-17-16-4-2-3-5-18(16)23-21(17)22(25)14-6-7-19-20(10-14)27-13-26-19/h2-7,10,15,22-23H,8-9,11-13H2,1H3/t15-,22-/m1/s1. The summed E-state index contributed by atoms with van der Waals surface area (Å²) in [6.45, 7) is 3.61. The lowest BCUT2D eigenvalue weighted by molar-refractivity contribution is 0.0546. The Morgan fingerprint density at radius 2 is 1.93 bits per heavy atom. The topological polar surface area (TPSA) is 40.7 Å². The molecule has 6 rings (SSSR count). The van der Waals surface area contributed by atoms with E-state index in [9.17, 15) is 0 Å². The van der Waals surface area contributed by atoms with E-state index in [4.69, 9.17) is 9.47 Å². The van der Waals surface area contributed by atoms with E-state index >= 15 is 0 Å². The number of nitrogens with one attached hydrogen (secondary N) is 1. The van der Waals surface area contributed by atoms with Crippen LogP contribution in [0, 0.1) is 0 Å². The first-order valence-electron chi connectivity index (χ1n) is 9.71. The normalized spacial score (nSPS) is 24.8. The van der Waals surface area contributed by atoms with Crippen LogP contribution in [0.2, 0.25) is 0 Å². The molecule has 3 aromatic rings. The van der Waals surface area contributed by atoms with Gasteiger partial charge in [0.2, 0.25) is 6.79 Å². The summed E-state index contributed by atoms with van der Waals surface area (Å²) in [7, 11) is 2.23. The third-order valence-electron chi connectivity index (χ3n) is 6.34. The molecule has 0 amide bonds. The number of aromatic amines is 1. The third-order valence-corrected chi connectivity index (χ3v) is 6.34. The summed E-state index contributed by atoms with van der Waals surface area (Å²) in [5.74, 6) is 1.71. The molecule has 1 saturated heterocycles. The van der Waals surface area contributed by atoms with Crippen molar-refractivity contribution in [2.45, 2.75) is 18.5 Å². The van der Waals surface area contributed by atoms with E-state index in [1.54, 1.807) is 0 Å². The highest BCUT2D eigenvalue weighted by Crippen LogP contribution is 2.44. The van der Waals surface area contributed by atoms with Crippen molar-refractivity contribution < 1.29 is 9.47 Å². The van der Waals surface area contributed by atoms with Gasteiger partial charge >= 0.3 is 0 Å². The van der Waals surface area contributed by atoms with Gasteiger partial charge in [-0.05, 0) is 42.8 Å². The number of benzene rings is 2. The molecule has 1 N–H and O–H groups in total. The molecule has 5 heteroatoms. The number of aromatic nitrogens is 1. The summed E-state index contributed by atoms with van der Waals surface area (Å²) in [5, 5.41) is 1.37. The van der Waals surface area contributed by atoms with E-state index < -0.39 is 0 Å². The molecule has 0 bridgehead atoms. The number of piperazine rings is 1. The predicted octanol–water partition coefficient (Wildman–Crippen LogP) is 3.16. The number of nitrogens with zero attached hydrogens (tertiary/aromatic N) is 2. The molecule has 1 fully saturated rings. The zero-order chi connectivity index (χ0) is 18.0. The first-order valence-corrected chi connectivity index (χ1v) is 9.71. The van der Waals surface area contributed by atoms with Gasteiger partial charge in [0.05, 0.1) is 6.04 Å². The molecule has 0 saturated carbocycles. The number of H-pyrrole nitrogens is 1. The van der Waals surface area contributed by atoms with Crippen molar-refractivity contribution in [2.24, 2.45) is 0 Å². The Morgan fingerprint density at radius 3 is 2.89 bits per heavy atom. The number of rotatable bonds is 1. The van der Waals surface area contributed by atoms with Gasteiger partial charge < -0.3 is 19.4 Å². The predicted molar refractivity (Wildman–Crippen MR) is 104 cm³/mol. The number of ether oxygens (including phenoxy) is 2. The van der Waals surface area contributed by atoms with Crippen LogP contribution in [0.4, 0.5) is 0 Å². The van der Waals surface area contributed by atoms with Crippen molar-refractivity contribution in [1.82, 2.24) is 14.8 Å². The molecule has 1 aromatic heterocycles. The third kappa shape index (κ3) is 2.32. The lowest BCUT2D eigenvalue weighted by atomic mass is 9.86. The van der Waals surface area contributed by atoms with Crippen molar-refractivity contribution >= 4 is 10.9 Å². The average Bonchev–Trinajstić information content (AvgIpc) is 3.29. The quantitative estimate of drug-likeness (QED) is 0.723. The molecule has 4 heterocycles. The first-order chi connectivity index (χ1) is 13.3. The van der Waals surface area contributed by atoms with Gasteiger partial charge in [0.25, 0.3) is 0 Å². The number of hydrogen-bond acceptors (Lipinski definition) is 4. The van der Waals surface area contributed by atoms with Gasteiger partial charge in [-0.25, -0.2) is 0 Å². The highest BCUT2D eigenvalue weighted by molar-refractivity contribution is 5.85. The number of para-hydroxylation sites is 1. The molecule has 138 valence electrons. The van der Waals surface area contributed by atoms with Crippen LogP contribution in [0.15, 0.2) is 42.5 Å². The summed E-state index contributed by atoms with van der Waals surface area (Å²) in [4.78, 5) is 8.88. The molecule has 3 aliphatic rings. The Balaban J connectivity index is 1.54. The maximum absolute atomic E-state index is 5.67. The Kier molecular flexibility index (Phi) is 3.31. The lowest BCUT2D eigenvalue weighted by Gasteiger charge is -2.47. The molecule has 0 aliphatic carbocycles. The smallest absolute Gasteiger partial charge is 0.231 e. The van der Waals surface area contributed by atoms with Crippen molar-refractivity contribution in [3.8, 4) is 11.5 Å². The molecule has 2 atom stereocenters. The monoisotopic (exact) mass is 361 g/mol. The Morgan fingerprint density at radius 1 is 1.04 bits per heavy atom. The summed E-state index contributed by atoms with van der Waals surface area (Å²) in [6.07, 6.45) is 1.10. The van der Waals surface area contributed by atoms with Crippen LogP contribution in [-0.4, -0.2) is 54.3 Å². The van der Waals surface area contributed by atoms with Crippen LogP contribution in [0.3, 0.4) is 0 Å². The summed E-state index contributed by atoms with van der Waals surface area (Å²) < 4.78 is 11.2. The summed E-state index contributed by atoms with van der Waals surface area (Å²) >= 11 is 0. The molecule has 3 aliphatic heterocycles. The van der Waals surface area contributed by atoms with Gasteiger partial charge in [0.15, 0.2) is 11.5 Å². The van der Waals surface area contributed by atoms with Gasteiger partial charge in [-0.15, -0.1) is 0 Å². The molecule has 0 spiro atoms. The minimum Gasteiger partial charge on any atom is -0.454 e. The van der Waals surface area contributed by atoms with Crippen LogP contribution in [0.1, 0.15) is 22.9 Å². The number of fused-ring (bicyclic) bond motifs is 5. The zero-order valence-corrected chi connectivity index (χ0v) is 15.4. The maximum atomic E-state index is 5.67. The Labute approximate surface area is 158 Å². The summed E-state index contributed by atoms with van der Waals surface area (Å²) in [5.41, 5.74) is 5.34. The molecule has 2 aromatic carbocycles. The lowest BCUT2D eigenvalue weighted by Crippen LogP contribution is -2.56. The largest absolute Gasteiger partial charge is 0.454 e. The number of likely N-dealkylation sites (N-methyl/N-ethyl adjacent to an activating group) is 1. The van der Waals surface area contributed by atoms with Gasteiger partial charge in [-0.1, -0.05) is 24.3 Å². The number of hydrogen-bond donors (Lipinski definition) is 1. The van der Waals surface area contributed by atoms with E-state index in [0.29, 0.717) is 12.8 Å². The Bertz CT molecular complexity index is 1030. The molecule has 0 radical (unpaired) electrons. The van der Waals surface area contributed by atoms with Crippen LogP contribution in [0.25, 0.3) is 10.9 Å². The fourth-order valence-electron chi connectivity index (χ4n) is 5.06. The maximum Gasteiger partial charge on any atom is 0.231 e. The van der Waals surface area contributed by atoms with Crippen molar-refractivity contribution in [3.63, 3.8) is 0 Å². The van der Waals surface area contributed by atoms with Crippen LogP contribution >= 0.6 is 0 Å². The Hall–Kier alpha value is -2.50. The van der Waals surface area contributed by atoms with Gasteiger partial charge in [-0.2, -0.15) is 0 Å². The second-order valence-electron chi connectivity index (χ2n) is 7.94. The van der Waals surface area contributed by atoms with Crippen molar-refractivity contribution in [1.29, 1.82) is 0 Å². The van der Waals surface area contributed by atoms with Gasteiger partial charge in [-0.3, -0.25) is 4.90 Å². The van der Waals surface area contributed by atoms with Crippen molar-refractivity contribution in [2.75, 3.05) is 33.5 Å². The van der Waals surface area contributed by atoms with E-state index in [-0.39, 0.29) is 6.04 Å². The highest BCUT2D eigenvalue weighted by atomic mass is 16.7. The van der Waals surface area contributed by atoms with Crippen LogP contribution in [0.5, 0.6) is 11.5 Å². The molecule has 5 nitrogen and oxygen atoms in total. The van der Waals surface area contributed by atoms with E-state index in [0.717, 1.165) is 37.6 Å². The van der Waals surface area contributed by atoms with Gasteiger partial charge in [0.1, 0.15) is 0 Å². The molecule has 27 heavy (non-hydrogen) atoms. The fraction of sp³-hybridized carbons (Fsp3) is 0.364. The SMILES string of the molecule is CN1CCN2[C@H](Cc3c([nH]c4ccccc34)[C@H]2c2ccc3c(c2)OCO3)C1. The highest BCUT2D eigenvalue weighted by Gasteiger charge is 2.40. The fourth-order valence-corrected chi connectivity index (χ4v) is 5.06. The van der Waals surface area contributed by atoms with Gasteiger partial charge in [0, 0.05) is 42.3 Å². The van der Waals surface area contributed by atoms with Crippen molar-refractivity contribution in [3.05, 3.63) is 59.3 Å². The minimum atomic E-state index is 0.231. The molecule has 0 unspecified atom stereocenters. The van der Waals surface area contributed by atoms with E-state index in [1.807, 2.05) is 0 Å².